The summed E-state index contributed by atoms with van der Waals surface area (Å²) in [4.78, 5) is 10.4. The Morgan fingerprint density at radius 3 is 1.57 bits per heavy atom. The highest BCUT2D eigenvalue weighted by atomic mass is 16.5. The summed E-state index contributed by atoms with van der Waals surface area (Å²) in [7, 11) is 0. The van der Waals surface area contributed by atoms with E-state index in [9.17, 15) is 0 Å². The van der Waals surface area contributed by atoms with Gasteiger partial charge < -0.3 is 9.30 Å². The van der Waals surface area contributed by atoms with Gasteiger partial charge in [0.15, 0.2) is 0 Å². The van der Waals surface area contributed by atoms with Gasteiger partial charge in [0.1, 0.15) is 17.3 Å². The summed E-state index contributed by atoms with van der Waals surface area (Å²) in [5.41, 5.74) is 16.5. The van der Waals surface area contributed by atoms with Crippen LogP contribution in [0.2, 0.25) is 0 Å². The molecule has 0 unspecified atom stereocenters. The zero-order valence-corrected chi connectivity index (χ0v) is 38.8. The van der Waals surface area contributed by atoms with Crippen LogP contribution in [0.25, 0.3) is 89.1 Å². The maximum Gasteiger partial charge on any atom is 0.145 e. The Hall–Kier alpha value is -8.02. The number of ether oxygens (including phenoxy) is 1. The first-order valence-corrected chi connectivity index (χ1v) is 23.1. The quantitative estimate of drug-likeness (QED) is 0.153. The number of nitrogens with zero attached hydrogens (tertiary/aromatic N) is 4. The first-order valence-electron chi connectivity index (χ1n) is 23.1. The van der Waals surface area contributed by atoms with Gasteiger partial charge in [0, 0.05) is 39.2 Å². The minimum Gasteiger partial charge on any atom is -0.457 e. The molecule has 0 bridgehead atoms. The van der Waals surface area contributed by atoms with E-state index in [4.69, 9.17) is 14.7 Å². The van der Waals surface area contributed by atoms with Crippen LogP contribution in [0.5, 0.6) is 11.5 Å². The average molecular weight is 869 g/mol. The third kappa shape index (κ3) is 7.66. The minimum atomic E-state index is -0.0160. The summed E-state index contributed by atoms with van der Waals surface area (Å²) in [6.07, 6.45) is 1.93. The molecule has 0 N–H and O–H groups in total. The molecule has 0 saturated heterocycles. The Balaban J connectivity index is 1.00. The largest absolute Gasteiger partial charge is 0.457 e. The average Bonchev–Trinajstić information content (AvgIpc) is 3.90. The molecule has 0 aliphatic heterocycles. The molecule has 0 atom stereocenters. The first-order chi connectivity index (χ1) is 32.5. The Morgan fingerprint density at radius 1 is 0.418 bits per heavy atom. The van der Waals surface area contributed by atoms with Crippen molar-refractivity contribution in [3.8, 4) is 67.8 Å². The van der Waals surface area contributed by atoms with Crippen molar-refractivity contribution in [1.29, 1.82) is 0 Å². The predicted molar refractivity (Wildman–Crippen MR) is 279 cm³/mol. The van der Waals surface area contributed by atoms with E-state index in [1.165, 1.54) is 22.3 Å². The number of hydrogen-bond donors (Lipinski definition) is 0. The van der Waals surface area contributed by atoms with Crippen molar-refractivity contribution in [2.45, 2.75) is 52.4 Å². The van der Waals surface area contributed by atoms with Crippen molar-refractivity contribution in [2.75, 3.05) is 0 Å². The van der Waals surface area contributed by atoms with Crippen LogP contribution in [0.1, 0.15) is 52.7 Å². The lowest BCUT2D eigenvalue weighted by Crippen LogP contribution is -2.12. The number of benzene rings is 8. The molecule has 3 aromatic heterocycles. The zero-order chi connectivity index (χ0) is 45.9. The molecule has 8 aromatic carbocycles. The van der Waals surface area contributed by atoms with Crippen molar-refractivity contribution < 1.29 is 4.74 Å². The van der Waals surface area contributed by atoms with E-state index >= 15 is 0 Å². The maximum atomic E-state index is 6.78. The predicted octanol–water partition coefficient (Wildman–Crippen LogP) is 16.6. The monoisotopic (exact) mass is 868 g/mol. The molecule has 11 rings (SSSR count). The molecule has 0 amide bonds. The Labute approximate surface area is 392 Å². The lowest BCUT2D eigenvalue weighted by molar-refractivity contribution is 0.483. The molecule has 5 heteroatoms. The van der Waals surface area contributed by atoms with E-state index in [2.05, 4.69) is 233 Å². The molecule has 0 aliphatic carbocycles. The van der Waals surface area contributed by atoms with Crippen LogP contribution in [0.15, 0.2) is 206 Å². The van der Waals surface area contributed by atoms with Crippen LogP contribution in [0, 0.1) is 0 Å². The van der Waals surface area contributed by atoms with Gasteiger partial charge in [-0.05, 0) is 106 Å². The second-order valence-electron chi connectivity index (χ2n) is 19.5. The van der Waals surface area contributed by atoms with Crippen molar-refractivity contribution in [3.63, 3.8) is 0 Å². The van der Waals surface area contributed by atoms with Crippen molar-refractivity contribution in [2.24, 2.45) is 0 Å². The second kappa shape index (κ2) is 16.4. The fourth-order valence-corrected chi connectivity index (χ4v) is 9.49. The summed E-state index contributed by atoms with van der Waals surface area (Å²) in [6.45, 7) is 13.6. The van der Waals surface area contributed by atoms with Crippen LogP contribution in [0.4, 0.5) is 0 Å². The molecule has 0 fully saturated rings. The number of pyridine rings is 1. The van der Waals surface area contributed by atoms with Gasteiger partial charge in [-0.2, -0.15) is 0 Å². The number of aromatic nitrogens is 4. The van der Waals surface area contributed by atoms with Gasteiger partial charge in [-0.1, -0.05) is 169 Å². The van der Waals surface area contributed by atoms with Crippen LogP contribution in [-0.2, 0) is 10.8 Å². The highest BCUT2D eigenvalue weighted by Gasteiger charge is 2.24. The normalized spacial score (nSPS) is 12.0. The van der Waals surface area contributed by atoms with Gasteiger partial charge in [0.05, 0.1) is 39.1 Å². The molecule has 0 aliphatic rings. The molecule has 326 valence electrons. The van der Waals surface area contributed by atoms with Crippen LogP contribution < -0.4 is 4.74 Å². The van der Waals surface area contributed by atoms with Crippen LogP contribution in [0.3, 0.4) is 0 Å². The molecular formula is C62H52N4O. The Kier molecular flexibility index (Phi) is 10.2. The minimum absolute atomic E-state index is 0.00320. The molecule has 0 saturated carbocycles. The summed E-state index contributed by atoms with van der Waals surface area (Å²) >= 11 is 0. The summed E-state index contributed by atoms with van der Waals surface area (Å²) < 4.78 is 11.5. The van der Waals surface area contributed by atoms with Gasteiger partial charge in [0.2, 0.25) is 0 Å². The molecule has 5 nitrogen and oxygen atoms in total. The van der Waals surface area contributed by atoms with Crippen molar-refractivity contribution >= 4 is 32.8 Å². The number of rotatable bonds is 8. The second-order valence-corrected chi connectivity index (χ2v) is 19.5. The fourth-order valence-electron chi connectivity index (χ4n) is 9.49. The molecule has 0 radical (unpaired) electrons. The van der Waals surface area contributed by atoms with E-state index in [-0.39, 0.29) is 10.8 Å². The van der Waals surface area contributed by atoms with E-state index in [1.54, 1.807) is 0 Å². The van der Waals surface area contributed by atoms with Gasteiger partial charge in [-0.15, -0.1) is 0 Å². The first kappa shape index (κ1) is 41.7. The highest BCUT2D eigenvalue weighted by molar-refractivity contribution is 6.15. The van der Waals surface area contributed by atoms with E-state index in [1.807, 2.05) is 24.4 Å². The molecular weight excluding hydrogens is 817 g/mol. The topological polar surface area (TPSA) is 44.9 Å². The number of imidazole rings is 1. The third-order valence-corrected chi connectivity index (χ3v) is 13.0. The third-order valence-electron chi connectivity index (χ3n) is 13.0. The SMILES string of the molecule is CC(C)(C)c1ccc(-n2c(-c3cccc(Oc4cccc(-c5nccc6c5c5ccccc5n6-c5ccc(C(C)(C)C)cc5-c5ccccc5)c4)c3)nc3ccccc32)c(-c2ccccc2)c1. The zero-order valence-electron chi connectivity index (χ0n) is 38.8. The summed E-state index contributed by atoms with van der Waals surface area (Å²) in [5.74, 6) is 2.28. The Bertz CT molecular complexity index is 3620. The van der Waals surface area contributed by atoms with Crippen molar-refractivity contribution in [3.05, 3.63) is 218 Å². The van der Waals surface area contributed by atoms with E-state index < -0.39 is 0 Å². The number of hydrogen-bond acceptors (Lipinski definition) is 3. The molecule has 3 heterocycles. The standard InChI is InChI=1S/C62H52N4O/c1-61(2,3)45-31-33-54(50(39-45)41-19-9-7-10-20-41)65-53-29-15-13-27-49(53)58-57(65)35-36-63-59(58)43-23-17-25-47(37-43)67-48-26-18-24-44(38-48)60-64-52-28-14-16-30-56(52)66(60)55-34-32-46(62(4,5)6)40-51(55)42-21-11-8-12-22-42/h7-40H,1-6H3. The molecule has 11 aromatic rings. The van der Waals surface area contributed by atoms with Crippen LogP contribution in [-0.4, -0.2) is 19.1 Å². The van der Waals surface area contributed by atoms with Gasteiger partial charge in [-0.3, -0.25) is 9.55 Å². The molecule has 0 spiro atoms. The number of fused-ring (bicyclic) bond motifs is 4. The van der Waals surface area contributed by atoms with Gasteiger partial charge in [-0.25, -0.2) is 4.98 Å². The van der Waals surface area contributed by atoms with Gasteiger partial charge in [0.25, 0.3) is 0 Å². The highest BCUT2D eigenvalue weighted by Crippen LogP contribution is 2.43. The Morgan fingerprint density at radius 2 is 0.940 bits per heavy atom. The lowest BCUT2D eigenvalue weighted by Gasteiger charge is -2.23. The van der Waals surface area contributed by atoms with Crippen LogP contribution >= 0.6 is 0 Å². The van der Waals surface area contributed by atoms with E-state index in [0.717, 1.165) is 89.5 Å². The smallest absolute Gasteiger partial charge is 0.145 e. The fraction of sp³-hybridized carbons (Fsp3) is 0.129. The summed E-state index contributed by atoms with van der Waals surface area (Å²) in [6, 6.07) is 70.9. The van der Waals surface area contributed by atoms with E-state index in [0.29, 0.717) is 0 Å². The molecule has 67 heavy (non-hydrogen) atoms. The van der Waals surface area contributed by atoms with Gasteiger partial charge >= 0.3 is 0 Å². The maximum absolute atomic E-state index is 6.78. The van der Waals surface area contributed by atoms with Crippen molar-refractivity contribution in [1.82, 2.24) is 19.1 Å². The number of para-hydroxylation sites is 3. The summed E-state index contributed by atoms with van der Waals surface area (Å²) in [5, 5.41) is 2.24. The lowest BCUT2D eigenvalue weighted by atomic mass is 9.85.